The number of hydrogen-bond donors (Lipinski definition) is 2. The summed E-state index contributed by atoms with van der Waals surface area (Å²) >= 11 is 1.54. The normalized spacial score (nSPS) is 14.2. The molecule has 3 rings (SSSR count). The van der Waals surface area contributed by atoms with Crippen LogP contribution in [0.5, 0.6) is 0 Å². The number of aromatic amines is 1. The van der Waals surface area contributed by atoms with E-state index >= 15 is 0 Å². The third-order valence-electron chi connectivity index (χ3n) is 3.09. The second kappa shape index (κ2) is 6.09. The summed E-state index contributed by atoms with van der Waals surface area (Å²) in [7, 11) is 0. The van der Waals surface area contributed by atoms with Crippen molar-refractivity contribution in [2.24, 2.45) is 5.92 Å². The first kappa shape index (κ1) is 13.2. The summed E-state index contributed by atoms with van der Waals surface area (Å²) in [6.07, 6.45) is 2.08. The summed E-state index contributed by atoms with van der Waals surface area (Å²) in [5, 5.41) is 10.7. The molecule has 0 aliphatic heterocycles. The van der Waals surface area contributed by atoms with Crippen molar-refractivity contribution in [1.29, 1.82) is 0 Å². The van der Waals surface area contributed by atoms with Crippen LogP contribution in [0.1, 0.15) is 12.8 Å². The highest BCUT2D eigenvalue weighted by Crippen LogP contribution is 2.28. The Bertz CT molecular complexity index is 580. The summed E-state index contributed by atoms with van der Waals surface area (Å²) in [4.78, 5) is 15.9. The molecule has 0 saturated heterocycles. The molecule has 0 bridgehead atoms. The van der Waals surface area contributed by atoms with Gasteiger partial charge >= 0.3 is 0 Å². The summed E-state index contributed by atoms with van der Waals surface area (Å²) in [5.74, 6) is 2.01. The van der Waals surface area contributed by atoms with Gasteiger partial charge in [-0.15, -0.1) is 5.10 Å². The van der Waals surface area contributed by atoms with E-state index in [0.29, 0.717) is 11.7 Å². The zero-order valence-corrected chi connectivity index (χ0v) is 11.8. The Morgan fingerprint density at radius 1 is 1.35 bits per heavy atom. The van der Waals surface area contributed by atoms with Crippen LogP contribution in [0.4, 0.5) is 0 Å². The molecular formula is C14H16N4OS. The fraction of sp³-hybridized carbons (Fsp3) is 0.357. The van der Waals surface area contributed by atoms with Gasteiger partial charge in [0.05, 0.1) is 0 Å². The molecule has 1 fully saturated rings. The molecule has 1 aliphatic rings. The number of carbonyl (C=O) groups excluding carboxylic acids is 1. The number of carbonyl (C=O) groups is 1. The highest BCUT2D eigenvalue weighted by atomic mass is 32.2. The smallest absolute Gasteiger partial charge is 0.223 e. The van der Waals surface area contributed by atoms with Crippen molar-refractivity contribution in [1.82, 2.24) is 20.5 Å². The SMILES string of the molecule is O=C(NCCSc1n[nH]c(-c2ccccc2)n1)C1CC1. The molecule has 20 heavy (non-hydrogen) atoms. The Kier molecular flexibility index (Phi) is 4.01. The molecule has 1 heterocycles. The summed E-state index contributed by atoms with van der Waals surface area (Å²) in [6.45, 7) is 0.662. The van der Waals surface area contributed by atoms with Crippen LogP contribution < -0.4 is 5.32 Å². The van der Waals surface area contributed by atoms with Crippen molar-refractivity contribution < 1.29 is 4.79 Å². The van der Waals surface area contributed by atoms with Gasteiger partial charge in [-0.1, -0.05) is 42.1 Å². The molecule has 0 unspecified atom stereocenters. The highest BCUT2D eigenvalue weighted by Gasteiger charge is 2.28. The Morgan fingerprint density at radius 2 is 2.15 bits per heavy atom. The highest BCUT2D eigenvalue weighted by molar-refractivity contribution is 7.99. The number of aromatic nitrogens is 3. The molecule has 1 aromatic heterocycles. The molecule has 1 aromatic carbocycles. The van der Waals surface area contributed by atoms with Crippen molar-refractivity contribution in [2.75, 3.05) is 12.3 Å². The van der Waals surface area contributed by atoms with Crippen LogP contribution in [-0.4, -0.2) is 33.4 Å². The second-order valence-corrected chi connectivity index (χ2v) is 5.81. The maximum absolute atomic E-state index is 11.4. The second-order valence-electron chi connectivity index (χ2n) is 4.75. The Balaban J connectivity index is 1.46. The van der Waals surface area contributed by atoms with Gasteiger partial charge in [0.25, 0.3) is 0 Å². The van der Waals surface area contributed by atoms with Crippen molar-refractivity contribution in [3.63, 3.8) is 0 Å². The third kappa shape index (κ3) is 3.39. The monoisotopic (exact) mass is 288 g/mol. The van der Waals surface area contributed by atoms with Crippen LogP contribution in [0.3, 0.4) is 0 Å². The number of nitrogens with zero attached hydrogens (tertiary/aromatic N) is 2. The topological polar surface area (TPSA) is 70.7 Å². The van der Waals surface area contributed by atoms with E-state index in [0.717, 1.165) is 30.0 Å². The van der Waals surface area contributed by atoms with Crippen molar-refractivity contribution in [3.05, 3.63) is 30.3 Å². The minimum atomic E-state index is 0.186. The summed E-state index contributed by atoms with van der Waals surface area (Å²) < 4.78 is 0. The number of amides is 1. The van der Waals surface area contributed by atoms with Crippen LogP contribution in [-0.2, 0) is 4.79 Å². The largest absolute Gasteiger partial charge is 0.355 e. The molecule has 0 spiro atoms. The molecule has 0 radical (unpaired) electrons. The fourth-order valence-corrected chi connectivity index (χ4v) is 2.50. The third-order valence-corrected chi connectivity index (χ3v) is 3.94. The molecule has 6 heteroatoms. The van der Waals surface area contributed by atoms with Gasteiger partial charge in [-0.25, -0.2) is 4.98 Å². The van der Waals surface area contributed by atoms with Gasteiger partial charge in [-0.3, -0.25) is 9.89 Å². The first-order valence-electron chi connectivity index (χ1n) is 6.71. The number of nitrogens with one attached hydrogen (secondary N) is 2. The van der Waals surface area contributed by atoms with Gasteiger partial charge in [0.1, 0.15) is 0 Å². The minimum absolute atomic E-state index is 0.186. The zero-order chi connectivity index (χ0) is 13.8. The van der Waals surface area contributed by atoms with Gasteiger partial charge < -0.3 is 5.32 Å². The van der Waals surface area contributed by atoms with E-state index in [1.54, 1.807) is 11.8 Å². The quantitative estimate of drug-likeness (QED) is 0.631. The lowest BCUT2D eigenvalue weighted by Crippen LogP contribution is -2.26. The predicted octanol–water partition coefficient (Wildman–Crippen LogP) is 2.09. The molecule has 5 nitrogen and oxygen atoms in total. The van der Waals surface area contributed by atoms with Gasteiger partial charge in [0, 0.05) is 23.8 Å². The maximum Gasteiger partial charge on any atom is 0.223 e. The van der Waals surface area contributed by atoms with Crippen molar-refractivity contribution >= 4 is 17.7 Å². The summed E-state index contributed by atoms with van der Waals surface area (Å²) in [6, 6.07) is 9.89. The lowest BCUT2D eigenvalue weighted by molar-refractivity contribution is -0.122. The van der Waals surface area contributed by atoms with Crippen LogP contribution in [0.2, 0.25) is 0 Å². The van der Waals surface area contributed by atoms with E-state index in [1.807, 2.05) is 30.3 Å². The lowest BCUT2D eigenvalue weighted by atomic mass is 10.2. The molecule has 104 valence electrons. The Labute approximate surface area is 121 Å². The van der Waals surface area contributed by atoms with Crippen molar-refractivity contribution in [3.8, 4) is 11.4 Å². The van der Waals surface area contributed by atoms with Crippen LogP contribution in [0.15, 0.2) is 35.5 Å². The minimum Gasteiger partial charge on any atom is -0.355 e. The van der Waals surface area contributed by atoms with Crippen molar-refractivity contribution in [2.45, 2.75) is 18.0 Å². The molecule has 1 aliphatic carbocycles. The van der Waals surface area contributed by atoms with Gasteiger partial charge in [0.15, 0.2) is 5.82 Å². The molecule has 2 N–H and O–H groups in total. The van der Waals surface area contributed by atoms with Crippen LogP contribution in [0.25, 0.3) is 11.4 Å². The molecular weight excluding hydrogens is 272 g/mol. The zero-order valence-electron chi connectivity index (χ0n) is 11.0. The van der Waals surface area contributed by atoms with E-state index in [2.05, 4.69) is 20.5 Å². The molecule has 1 amide bonds. The average molecular weight is 288 g/mol. The standard InChI is InChI=1S/C14H16N4OS/c19-13(11-6-7-11)15-8-9-20-14-16-12(17-18-14)10-4-2-1-3-5-10/h1-5,11H,6-9H2,(H,15,19)(H,16,17,18). The molecule has 0 atom stereocenters. The fourth-order valence-electron chi connectivity index (χ4n) is 1.84. The van der Waals surface area contributed by atoms with Crippen LogP contribution in [0, 0.1) is 5.92 Å². The van der Waals surface area contributed by atoms with Crippen LogP contribution >= 0.6 is 11.8 Å². The Morgan fingerprint density at radius 3 is 2.90 bits per heavy atom. The summed E-state index contributed by atoms with van der Waals surface area (Å²) in [5.41, 5.74) is 1.02. The number of hydrogen-bond acceptors (Lipinski definition) is 4. The average Bonchev–Trinajstić information content (AvgIpc) is 3.23. The predicted molar refractivity (Wildman–Crippen MR) is 78.3 cm³/mol. The number of H-pyrrole nitrogens is 1. The van der Waals surface area contributed by atoms with Gasteiger partial charge in [0.2, 0.25) is 11.1 Å². The van der Waals surface area contributed by atoms with Gasteiger partial charge in [-0.05, 0) is 12.8 Å². The first-order chi connectivity index (χ1) is 9.83. The number of benzene rings is 1. The molecule has 1 saturated carbocycles. The number of thioether (sulfide) groups is 1. The van der Waals surface area contributed by atoms with E-state index in [-0.39, 0.29) is 11.8 Å². The Hall–Kier alpha value is -1.82. The van der Waals surface area contributed by atoms with E-state index < -0.39 is 0 Å². The van der Waals surface area contributed by atoms with E-state index in [1.165, 1.54) is 0 Å². The lowest BCUT2D eigenvalue weighted by Gasteiger charge is -2.01. The number of rotatable bonds is 6. The van der Waals surface area contributed by atoms with Gasteiger partial charge in [-0.2, -0.15) is 0 Å². The van der Waals surface area contributed by atoms with E-state index in [9.17, 15) is 4.79 Å². The van der Waals surface area contributed by atoms with E-state index in [4.69, 9.17) is 0 Å². The first-order valence-corrected chi connectivity index (χ1v) is 7.70. The maximum atomic E-state index is 11.4. The molecule has 2 aromatic rings.